The van der Waals surface area contributed by atoms with E-state index in [4.69, 9.17) is 0 Å². The molecule has 1 unspecified atom stereocenters. The standard InChI is InChI=1S/C13H26N4/c1-9(2)12(8-14-13(5,6)7)17-11(4)15-10(3)16-17/h9,12,14H,8H2,1-7H3. The van der Waals surface area contributed by atoms with Crippen LogP contribution in [0.3, 0.4) is 0 Å². The summed E-state index contributed by atoms with van der Waals surface area (Å²) in [4.78, 5) is 4.38. The molecule has 0 saturated carbocycles. The molecular formula is C13H26N4. The molecule has 4 heteroatoms. The number of nitrogens with one attached hydrogen (secondary N) is 1. The van der Waals surface area contributed by atoms with E-state index in [0.717, 1.165) is 18.2 Å². The van der Waals surface area contributed by atoms with Crippen molar-refractivity contribution in [1.29, 1.82) is 0 Å². The van der Waals surface area contributed by atoms with Crippen LogP contribution in [0.1, 0.15) is 52.3 Å². The topological polar surface area (TPSA) is 42.7 Å². The Morgan fingerprint density at radius 1 is 1.24 bits per heavy atom. The Balaban J connectivity index is 2.83. The van der Waals surface area contributed by atoms with Crippen LogP contribution in [0.5, 0.6) is 0 Å². The second-order valence-corrected chi connectivity index (χ2v) is 6.09. The van der Waals surface area contributed by atoms with Gasteiger partial charge in [-0.3, -0.25) is 0 Å². The van der Waals surface area contributed by atoms with E-state index in [-0.39, 0.29) is 5.54 Å². The van der Waals surface area contributed by atoms with Crippen LogP contribution < -0.4 is 5.32 Å². The molecule has 0 spiro atoms. The monoisotopic (exact) mass is 238 g/mol. The molecule has 98 valence electrons. The summed E-state index contributed by atoms with van der Waals surface area (Å²) in [5.74, 6) is 2.38. The fourth-order valence-electron chi connectivity index (χ4n) is 1.87. The van der Waals surface area contributed by atoms with Crippen molar-refractivity contribution in [2.45, 2.75) is 60.0 Å². The summed E-state index contributed by atoms with van der Waals surface area (Å²) < 4.78 is 2.05. The van der Waals surface area contributed by atoms with Gasteiger partial charge in [-0.1, -0.05) is 13.8 Å². The Kier molecular flexibility index (Phi) is 4.31. The van der Waals surface area contributed by atoms with Gasteiger partial charge in [-0.15, -0.1) is 0 Å². The number of nitrogens with zero attached hydrogens (tertiary/aromatic N) is 3. The summed E-state index contributed by atoms with van der Waals surface area (Å²) in [5, 5.41) is 8.05. The van der Waals surface area contributed by atoms with Gasteiger partial charge in [0.1, 0.15) is 11.6 Å². The summed E-state index contributed by atoms with van der Waals surface area (Å²) in [7, 11) is 0. The molecule has 0 aliphatic heterocycles. The van der Waals surface area contributed by atoms with Crippen molar-refractivity contribution in [3.8, 4) is 0 Å². The second kappa shape index (κ2) is 5.17. The van der Waals surface area contributed by atoms with Crippen molar-refractivity contribution in [3.63, 3.8) is 0 Å². The number of rotatable bonds is 4. The lowest BCUT2D eigenvalue weighted by molar-refractivity contribution is 0.289. The number of hydrogen-bond acceptors (Lipinski definition) is 3. The van der Waals surface area contributed by atoms with Gasteiger partial charge in [0.15, 0.2) is 0 Å². The molecule has 0 radical (unpaired) electrons. The smallest absolute Gasteiger partial charge is 0.147 e. The molecule has 1 atom stereocenters. The third-order valence-corrected chi connectivity index (χ3v) is 2.83. The maximum absolute atomic E-state index is 4.50. The first-order chi connectivity index (χ1) is 7.70. The summed E-state index contributed by atoms with van der Waals surface area (Å²) >= 11 is 0. The molecule has 1 aromatic heterocycles. The van der Waals surface area contributed by atoms with E-state index in [1.807, 2.05) is 13.8 Å². The minimum Gasteiger partial charge on any atom is -0.310 e. The lowest BCUT2D eigenvalue weighted by Crippen LogP contribution is -2.41. The molecule has 1 N–H and O–H groups in total. The Bertz CT molecular complexity index is 360. The van der Waals surface area contributed by atoms with E-state index in [9.17, 15) is 0 Å². The normalized spacial score (nSPS) is 14.4. The highest BCUT2D eigenvalue weighted by Crippen LogP contribution is 2.18. The van der Waals surface area contributed by atoms with Gasteiger partial charge in [0, 0.05) is 12.1 Å². The van der Waals surface area contributed by atoms with Crippen LogP contribution in [-0.4, -0.2) is 26.8 Å². The van der Waals surface area contributed by atoms with E-state index < -0.39 is 0 Å². The van der Waals surface area contributed by atoms with Crippen molar-refractivity contribution in [1.82, 2.24) is 20.1 Å². The maximum atomic E-state index is 4.50. The highest BCUT2D eigenvalue weighted by atomic mass is 15.4. The van der Waals surface area contributed by atoms with Gasteiger partial charge in [0.05, 0.1) is 6.04 Å². The van der Waals surface area contributed by atoms with Crippen LogP contribution in [0.2, 0.25) is 0 Å². The lowest BCUT2D eigenvalue weighted by Gasteiger charge is -2.28. The first kappa shape index (κ1) is 14.2. The second-order valence-electron chi connectivity index (χ2n) is 6.09. The molecule has 1 rings (SSSR count). The molecule has 4 nitrogen and oxygen atoms in total. The minimum atomic E-state index is 0.136. The molecule has 0 aliphatic rings. The molecule has 0 aliphatic carbocycles. The molecule has 1 heterocycles. The fourth-order valence-corrected chi connectivity index (χ4v) is 1.87. The maximum Gasteiger partial charge on any atom is 0.147 e. The average molecular weight is 238 g/mol. The molecule has 0 aromatic carbocycles. The predicted octanol–water partition coefficient (Wildman–Crippen LogP) is 2.48. The molecule has 17 heavy (non-hydrogen) atoms. The Labute approximate surface area is 105 Å². The lowest BCUT2D eigenvalue weighted by atomic mass is 10.0. The number of aromatic nitrogens is 3. The van der Waals surface area contributed by atoms with Crippen LogP contribution in [0.15, 0.2) is 0 Å². The Morgan fingerprint density at radius 2 is 1.82 bits per heavy atom. The van der Waals surface area contributed by atoms with E-state index in [1.165, 1.54) is 0 Å². The minimum absolute atomic E-state index is 0.136. The van der Waals surface area contributed by atoms with Crippen molar-refractivity contribution < 1.29 is 0 Å². The third kappa shape index (κ3) is 4.11. The van der Waals surface area contributed by atoms with Crippen LogP contribution in [0.25, 0.3) is 0 Å². The Hall–Kier alpha value is -0.900. The van der Waals surface area contributed by atoms with Crippen molar-refractivity contribution in [3.05, 3.63) is 11.6 Å². The van der Waals surface area contributed by atoms with Crippen LogP contribution in [-0.2, 0) is 0 Å². The van der Waals surface area contributed by atoms with Crippen molar-refractivity contribution in [2.75, 3.05) is 6.54 Å². The van der Waals surface area contributed by atoms with Gasteiger partial charge in [-0.25, -0.2) is 9.67 Å². The quantitative estimate of drug-likeness (QED) is 0.876. The molecular weight excluding hydrogens is 212 g/mol. The Morgan fingerprint density at radius 3 is 2.18 bits per heavy atom. The fraction of sp³-hybridized carbons (Fsp3) is 0.846. The van der Waals surface area contributed by atoms with E-state index >= 15 is 0 Å². The number of aryl methyl sites for hydroxylation is 2. The molecule has 0 fully saturated rings. The largest absolute Gasteiger partial charge is 0.310 e. The van der Waals surface area contributed by atoms with Crippen LogP contribution in [0, 0.1) is 19.8 Å². The van der Waals surface area contributed by atoms with Gasteiger partial charge in [0.25, 0.3) is 0 Å². The number of hydrogen-bond donors (Lipinski definition) is 1. The highest BCUT2D eigenvalue weighted by molar-refractivity contribution is 4.92. The van der Waals surface area contributed by atoms with Gasteiger partial charge in [0.2, 0.25) is 0 Å². The van der Waals surface area contributed by atoms with Crippen molar-refractivity contribution >= 4 is 0 Å². The van der Waals surface area contributed by atoms with Gasteiger partial charge >= 0.3 is 0 Å². The van der Waals surface area contributed by atoms with Gasteiger partial charge in [-0.05, 0) is 40.5 Å². The highest BCUT2D eigenvalue weighted by Gasteiger charge is 2.21. The van der Waals surface area contributed by atoms with E-state index in [0.29, 0.717) is 12.0 Å². The SMILES string of the molecule is Cc1nc(C)n(C(CNC(C)(C)C)C(C)C)n1. The summed E-state index contributed by atoms with van der Waals surface area (Å²) in [6.07, 6.45) is 0. The van der Waals surface area contributed by atoms with E-state index in [1.54, 1.807) is 0 Å². The average Bonchev–Trinajstić information content (AvgIpc) is 2.43. The molecule has 0 amide bonds. The molecule has 0 bridgehead atoms. The molecule has 0 saturated heterocycles. The predicted molar refractivity (Wildman–Crippen MR) is 71.1 cm³/mol. The van der Waals surface area contributed by atoms with Gasteiger partial charge < -0.3 is 5.32 Å². The third-order valence-electron chi connectivity index (χ3n) is 2.83. The first-order valence-corrected chi connectivity index (χ1v) is 6.35. The summed E-state index contributed by atoms with van der Waals surface area (Å²) in [6.45, 7) is 15.9. The zero-order valence-electron chi connectivity index (χ0n) is 12.2. The summed E-state index contributed by atoms with van der Waals surface area (Å²) in [6, 6.07) is 0.357. The van der Waals surface area contributed by atoms with E-state index in [2.05, 4.69) is 54.7 Å². The zero-order valence-corrected chi connectivity index (χ0v) is 12.2. The zero-order chi connectivity index (χ0) is 13.2. The first-order valence-electron chi connectivity index (χ1n) is 6.35. The van der Waals surface area contributed by atoms with Crippen LogP contribution >= 0.6 is 0 Å². The molecule has 1 aromatic rings. The summed E-state index contributed by atoms with van der Waals surface area (Å²) in [5.41, 5.74) is 0.136. The van der Waals surface area contributed by atoms with Gasteiger partial charge in [-0.2, -0.15) is 5.10 Å². The van der Waals surface area contributed by atoms with Crippen molar-refractivity contribution in [2.24, 2.45) is 5.92 Å². The van der Waals surface area contributed by atoms with Crippen LogP contribution in [0.4, 0.5) is 0 Å².